The normalized spacial score (nSPS) is 12.4. The Morgan fingerprint density at radius 2 is 1.91 bits per heavy atom. The third-order valence-electron chi connectivity index (χ3n) is 3.88. The van der Waals surface area contributed by atoms with Crippen molar-refractivity contribution in [2.75, 3.05) is 20.3 Å². The Bertz CT molecular complexity index is 775. The van der Waals surface area contributed by atoms with Gasteiger partial charge in [0.05, 0.1) is 12.6 Å². The lowest BCUT2D eigenvalue weighted by Gasteiger charge is -2.21. The van der Waals surface area contributed by atoms with Crippen LogP contribution >= 0.6 is 0 Å². The Morgan fingerprint density at radius 3 is 2.70 bits per heavy atom. The van der Waals surface area contributed by atoms with Gasteiger partial charge in [0.25, 0.3) is 0 Å². The van der Waals surface area contributed by atoms with Crippen molar-refractivity contribution in [2.24, 2.45) is 0 Å². The van der Waals surface area contributed by atoms with Gasteiger partial charge >= 0.3 is 0 Å². The highest BCUT2D eigenvalue weighted by atomic mass is 16.5. The zero-order valence-electron chi connectivity index (χ0n) is 13.1. The molecule has 3 rings (SSSR count). The summed E-state index contributed by atoms with van der Waals surface area (Å²) in [6.07, 6.45) is 1.70. The molecule has 0 bridgehead atoms. The lowest BCUT2D eigenvalue weighted by molar-refractivity contribution is 0.197. The summed E-state index contributed by atoms with van der Waals surface area (Å²) in [6.45, 7) is 1.30. The molecule has 4 nitrogen and oxygen atoms in total. The maximum absolute atomic E-state index is 10.7. The van der Waals surface area contributed by atoms with E-state index in [9.17, 15) is 5.11 Å². The number of rotatable bonds is 6. The van der Waals surface area contributed by atoms with E-state index in [2.05, 4.69) is 10.3 Å². The number of aromatic nitrogens is 1. The van der Waals surface area contributed by atoms with Gasteiger partial charge in [-0.1, -0.05) is 48.5 Å². The van der Waals surface area contributed by atoms with Crippen LogP contribution in [0.4, 0.5) is 0 Å². The van der Waals surface area contributed by atoms with Gasteiger partial charge in [0.15, 0.2) is 0 Å². The van der Waals surface area contributed by atoms with E-state index >= 15 is 0 Å². The molecule has 0 aliphatic heterocycles. The van der Waals surface area contributed by atoms with Crippen LogP contribution in [0.1, 0.15) is 17.2 Å². The third kappa shape index (κ3) is 3.33. The molecule has 0 aliphatic rings. The number of pyridine rings is 1. The van der Waals surface area contributed by atoms with E-state index in [0.717, 1.165) is 16.5 Å². The van der Waals surface area contributed by atoms with E-state index in [1.807, 2.05) is 54.6 Å². The molecule has 1 heterocycles. The number of phenols is 1. The molecule has 3 aromatic rings. The predicted molar refractivity (Wildman–Crippen MR) is 91.6 cm³/mol. The largest absolute Gasteiger partial charge is 0.505 e. The minimum atomic E-state index is -0.113. The number of phenolic OH excluding ortho intramolecular Hbond substituents is 1. The van der Waals surface area contributed by atoms with E-state index in [1.165, 1.54) is 0 Å². The Labute approximate surface area is 135 Å². The highest BCUT2D eigenvalue weighted by Gasteiger charge is 2.19. The molecule has 0 aliphatic carbocycles. The Morgan fingerprint density at radius 1 is 1.09 bits per heavy atom. The van der Waals surface area contributed by atoms with Gasteiger partial charge in [0.2, 0.25) is 0 Å². The van der Waals surface area contributed by atoms with Crippen LogP contribution < -0.4 is 5.32 Å². The van der Waals surface area contributed by atoms with Crippen LogP contribution in [0, 0.1) is 0 Å². The average Bonchev–Trinajstić information content (AvgIpc) is 2.61. The summed E-state index contributed by atoms with van der Waals surface area (Å²) in [5.41, 5.74) is 2.53. The van der Waals surface area contributed by atoms with Crippen molar-refractivity contribution in [1.29, 1.82) is 0 Å². The van der Waals surface area contributed by atoms with Crippen molar-refractivity contribution in [1.82, 2.24) is 10.3 Å². The number of aromatic hydroxyl groups is 1. The SMILES string of the molecule is COCCNC(c1ccccc1)c1ccc2cccnc2c1O. The quantitative estimate of drug-likeness (QED) is 0.686. The molecule has 0 fully saturated rings. The number of nitrogens with one attached hydrogen (secondary N) is 1. The van der Waals surface area contributed by atoms with Crippen LogP contribution in [0.5, 0.6) is 5.75 Å². The summed E-state index contributed by atoms with van der Waals surface area (Å²) in [6, 6.07) is 17.7. The first kappa shape index (κ1) is 15.5. The maximum Gasteiger partial charge on any atom is 0.146 e. The van der Waals surface area contributed by atoms with E-state index in [0.29, 0.717) is 18.7 Å². The van der Waals surface area contributed by atoms with Crippen molar-refractivity contribution in [3.8, 4) is 5.75 Å². The highest BCUT2D eigenvalue weighted by Crippen LogP contribution is 2.34. The second kappa shape index (κ2) is 7.22. The molecule has 23 heavy (non-hydrogen) atoms. The zero-order valence-corrected chi connectivity index (χ0v) is 13.1. The Hall–Kier alpha value is -2.43. The monoisotopic (exact) mass is 308 g/mol. The molecule has 0 amide bonds. The fourth-order valence-electron chi connectivity index (χ4n) is 2.74. The first-order valence-electron chi connectivity index (χ1n) is 7.65. The topological polar surface area (TPSA) is 54.4 Å². The van der Waals surface area contributed by atoms with Crippen LogP contribution in [-0.4, -0.2) is 30.4 Å². The van der Waals surface area contributed by atoms with Gasteiger partial charge < -0.3 is 15.2 Å². The number of hydrogen-bond acceptors (Lipinski definition) is 4. The standard InChI is InChI=1S/C19H20N2O2/c1-23-13-12-21-17(14-6-3-2-4-7-14)16-10-9-15-8-5-11-20-18(15)19(16)22/h2-11,17,21-22H,12-13H2,1H3. The van der Waals surface area contributed by atoms with E-state index < -0.39 is 0 Å². The lowest BCUT2D eigenvalue weighted by Crippen LogP contribution is -2.26. The van der Waals surface area contributed by atoms with Gasteiger partial charge in [-0.3, -0.25) is 4.98 Å². The fraction of sp³-hybridized carbons (Fsp3) is 0.211. The van der Waals surface area contributed by atoms with Gasteiger partial charge in [-0.05, 0) is 11.6 Å². The van der Waals surface area contributed by atoms with Crippen molar-refractivity contribution < 1.29 is 9.84 Å². The number of nitrogens with zero attached hydrogens (tertiary/aromatic N) is 1. The number of hydrogen-bond donors (Lipinski definition) is 2. The van der Waals surface area contributed by atoms with Crippen LogP contribution in [-0.2, 0) is 4.74 Å². The summed E-state index contributed by atoms with van der Waals surface area (Å²) in [5, 5.41) is 15.1. The molecular formula is C19H20N2O2. The van der Waals surface area contributed by atoms with Crippen LogP contribution in [0.2, 0.25) is 0 Å². The smallest absolute Gasteiger partial charge is 0.146 e. The third-order valence-corrected chi connectivity index (χ3v) is 3.88. The number of fused-ring (bicyclic) bond motifs is 1. The molecule has 4 heteroatoms. The zero-order chi connectivity index (χ0) is 16.1. The molecule has 0 spiro atoms. The molecule has 118 valence electrons. The van der Waals surface area contributed by atoms with Gasteiger partial charge in [-0.25, -0.2) is 0 Å². The first-order valence-corrected chi connectivity index (χ1v) is 7.65. The molecule has 2 N–H and O–H groups in total. The second-order valence-electron chi connectivity index (χ2n) is 5.37. The van der Waals surface area contributed by atoms with Crippen molar-refractivity contribution in [3.05, 3.63) is 71.9 Å². The molecule has 1 aromatic heterocycles. The fourth-order valence-corrected chi connectivity index (χ4v) is 2.74. The van der Waals surface area contributed by atoms with E-state index in [-0.39, 0.29) is 11.8 Å². The molecular weight excluding hydrogens is 288 g/mol. The molecule has 1 unspecified atom stereocenters. The maximum atomic E-state index is 10.7. The van der Waals surface area contributed by atoms with Gasteiger partial charge in [-0.2, -0.15) is 0 Å². The predicted octanol–water partition coefficient (Wildman–Crippen LogP) is 3.27. The molecule has 0 radical (unpaired) electrons. The van der Waals surface area contributed by atoms with Gasteiger partial charge in [0.1, 0.15) is 11.3 Å². The average molecular weight is 308 g/mol. The minimum absolute atomic E-state index is 0.113. The summed E-state index contributed by atoms with van der Waals surface area (Å²) in [4.78, 5) is 4.31. The summed E-state index contributed by atoms with van der Waals surface area (Å²) < 4.78 is 5.13. The van der Waals surface area contributed by atoms with Crippen LogP contribution in [0.3, 0.4) is 0 Å². The number of ether oxygens (including phenoxy) is 1. The Balaban J connectivity index is 2.04. The second-order valence-corrected chi connectivity index (χ2v) is 5.37. The molecule has 2 aromatic carbocycles. The van der Waals surface area contributed by atoms with Crippen LogP contribution in [0.25, 0.3) is 10.9 Å². The van der Waals surface area contributed by atoms with Crippen molar-refractivity contribution in [2.45, 2.75) is 6.04 Å². The highest BCUT2D eigenvalue weighted by molar-refractivity contribution is 5.85. The number of benzene rings is 2. The minimum Gasteiger partial charge on any atom is -0.505 e. The number of methoxy groups -OCH3 is 1. The van der Waals surface area contributed by atoms with Crippen molar-refractivity contribution in [3.63, 3.8) is 0 Å². The summed E-state index contributed by atoms with van der Waals surface area (Å²) in [5.74, 6) is 0.224. The summed E-state index contributed by atoms with van der Waals surface area (Å²) in [7, 11) is 1.68. The lowest BCUT2D eigenvalue weighted by atomic mass is 9.96. The van der Waals surface area contributed by atoms with Crippen LogP contribution in [0.15, 0.2) is 60.8 Å². The summed E-state index contributed by atoms with van der Waals surface area (Å²) >= 11 is 0. The first-order chi connectivity index (χ1) is 11.3. The molecule has 0 saturated heterocycles. The van der Waals surface area contributed by atoms with E-state index in [1.54, 1.807) is 13.3 Å². The van der Waals surface area contributed by atoms with Crippen molar-refractivity contribution >= 4 is 10.9 Å². The van der Waals surface area contributed by atoms with Gasteiger partial charge in [-0.15, -0.1) is 0 Å². The van der Waals surface area contributed by atoms with Gasteiger partial charge in [0, 0.05) is 30.8 Å². The molecule has 0 saturated carbocycles. The Kier molecular flexibility index (Phi) is 4.86. The molecule has 1 atom stereocenters. The van der Waals surface area contributed by atoms with E-state index in [4.69, 9.17) is 4.74 Å².